The highest BCUT2D eigenvalue weighted by atomic mass is 79.9. The summed E-state index contributed by atoms with van der Waals surface area (Å²) in [5, 5.41) is 0.135. The van der Waals surface area contributed by atoms with Gasteiger partial charge in [-0.1, -0.05) is 35.7 Å². The zero-order valence-electron chi connectivity index (χ0n) is 12.7. The van der Waals surface area contributed by atoms with E-state index in [1.54, 1.807) is 6.20 Å². The number of nitrogens with zero attached hydrogens (tertiary/aromatic N) is 2. The first-order valence-electron chi connectivity index (χ1n) is 7.61. The molecule has 5 nitrogen and oxygen atoms in total. The molecule has 7 heteroatoms. The molecule has 0 bridgehead atoms. The molecule has 0 spiro atoms. The molecule has 21 heavy (non-hydrogen) atoms. The van der Waals surface area contributed by atoms with Gasteiger partial charge in [-0.3, -0.25) is 0 Å². The molecule has 2 unspecified atom stereocenters. The van der Waals surface area contributed by atoms with Crippen LogP contribution in [0.1, 0.15) is 44.9 Å². The van der Waals surface area contributed by atoms with Crippen LogP contribution in [0.2, 0.25) is 0 Å². The molecule has 1 fully saturated rings. The lowest BCUT2D eigenvalue weighted by Crippen LogP contribution is -2.34. The fraction of sp³-hybridized carbons (Fsp3) is 0.786. The Balaban J connectivity index is 2.02. The van der Waals surface area contributed by atoms with Gasteiger partial charge in [0, 0.05) is 24.1 Å². The highest BCUT2D eigenvalue weighted by Gasteiger charge is 2.26. The molecular weight excluding hydrogens is 354 g/mol. The van der Waals surface area contributed by atoms with Crippen LogP contribution in [-0.2, 0) is 16.6 Å². The fourth-order valence-corrected chi connectivity index (χ4v) is 4.63. The molecule has 1 aliphatic carbocycles. The second-order valence-electron chi connectivity index (χ2n) is 5.73. The Hall–Kier alpha value is -0.400. The molecule has 1 N–H and O–H groups in total. The molecular formula is C14H24BrN3O2S. The maximum absolute atomic E-state index is 12.3. The largest absolute Gasteiger partial charge is 0.334 e. The fourth-order valence-electron chi connectivity index (χ4n) is 2.76. The standard InChI is InChI=1S/C14H24BrN3O2S/c1-3-8-18-10-14(17-11(18)2)21(19,20)16-9-12-6-4-5-7-13(12)15/h10,12-13,16H,3-9H2,1-2H3. The summed E-state index contributed by atoms with van der Waals surface area (Å²) in [6, 6.07) is 0. The number of rotatable bonds is 6. The van der Waals surface area contributed by atoms with Gasteiger partial charge in [0.1, 0.15) is 5.82 Å². The molecule has 2 atom stereocenters. The normalized spacial score (nSPS) is 23.4. The summed E-state index contributed by atoms with van der Waals surface area (Å²) >= 11 is 3.66. The van der Waals surface area contributed by atoms with Gasteiger partial charge < -0.3 is 4.57 Å². The minimum atomic E-state index is -3.51. The van der Waals surface area contributed by atoms with E-state index in [1.807, 2.05) is 11.5 Å². The first-order chi connectivity index (χ1) is 9.94. The van der Waals surface area contributed by atoms with Gasteiger partial charge in [0.25, 0.3) is 10.0 Å². The molecule has 0 saturated heterocycles. The lowest BCUT2D eigenvalue weighted by Gasteiger charge is -2.27. The molecule has 0 aromatic carbocycles. The van der Waals surface area contributed by atoms with Crippen LogP contribution in [0.4, 0.5) is 0 Å². The number of aryl methyl sites for hydroxylation is 2. The summed E-state index contributed by atoms with van der Waals surface area (Å²) in [6.45, 7) is 5.17. The second-order valence-corrected chi connectivity index (χ2v) is 8.62. The van der Waals surface area contributed by atoms with Crippen molar-refractivity contribution in [3.63, 3.8) is 0 Å². The number of aromatic nitrogens is 2. The predicted octanol–water partition coefficient (Wildman–Crippen LogP) is 2.83. The third-order valence-electron chi connectivity index (χ3n) is 4.05. The van der Waals surface area contributed by atoms with Crippen molar-refractivity contribution >= 4 is 26.0 Å². The number of sulfonamides is 1. The van der Waals surface area contributed by atoms with Crippen molar-refractivity contribution in [1.82, 2.24) is 14.3 Å². The molecule has 1 aliphatic rings. The van der Waals surface area contributed by atoms with Crippen LogP contribution in [0.25, 0.3) is 0 Å². The van der Waals surface area contributed by atoms with E-state index in [2.05, 4.69) is 32.6 Å². The van der Waals surface area contributed by atoms with E-state index in [0.717, 1.165) is 31.6 Å². The average molecular weight is 378 g/mol. The molecule has 1 heterocycles. The summed E-state index contributed by atoms with van der Waals surface area (Å²) in [4.78, 5) is 4.59. The Morgan fingerprint density at radius 3 is 2.81 bits per heavy atom. The van der Waals surface area contributed by atoms with Crippen LogP contribution in [-0.4, -0.2) is 29.3 Å². The van der Waals surface area contributed by atoms with Gasteiger partial charge in [-0.2, -0.15) is 0 Å². The molecule has 1 aromatic heterocycles. The Kier molecular flexibility index (Phi) is 5.85. The number of alkyl halides is 1. The van der Waals surface area contributed by atoms with Crippen molar-refractivity contribution in [2.45, 2.75) is 62.3 Å². The van der Waals surface area contributed by atoms with E-state index < -0.39 is 10.0 Å². The molecule has 0 aliphatic heterocycles. The Morgan fingerprint density at radius 2 is 2.14 bits per heavy atom. The van der Waals surface area contributed by atoms with E-state index in [0.29, 0.717) is 17.3 Å². The second kappa shape index (κ2) is 7.24. The smallest absolute Gasteiger partial charge is 0.259 e. The number of hydrogen-bond donors (Lipinski definition) is 1. The first kappa shape index (κ1) is 17.0. The minimum absolute atomic E-state index is 0.135. The maximum Gasteiger partial charge on any atom is 0.259 e. The average Bonchev–Trinajstić information content (AvgIpc) is 2.81. The maximum atomic E-state index is 12.3. The molecule has 2 rings (SSSR count). The number of nitrogens with one attached hydrogen (secondary N) is 1. The minimum Gasteiger partial charge on any atom is -0.334 e. The van der Waals surface area contributed by atoms with Gasteiger partial charge in [0.2, 0.25) is 0 Å². The van der Waals surface area contributed by atoms with Crippen molar-refractivity contribution < 1.29 is 8.42 Å². The van der Waals surface area contributed by atoms with Gasteiger partial charge in [0.15, 0.2) is 5.03 Å². The molecule has 0 amide bonds. The van der Waals surface area contributed by atoms with Crippen molar-refractivity contribution in [2.75, 3.05) is 6.54 Å². The SMILES string of the molecule is CCCn1cc(S(=O)(=O)NCC2CCCCC2Br)nc1C. The van der Waals surface area contributed by atoms with Gasteiger partial charge >= 0.3 is 0 Å². The Labute approximate surface area is 135 Å². The summed E-state index contributed by atoms with van der Waals surface area (Å²) in [5.41, 5.74) is 0. The summed E-state index contributed by atoms with van der Waals surface area (Å²) in [6.07, 6.45) is 7.18. The lowest BCUT2D eigenvalue weighted by molar-refractivity contribution is 0.373. The van der Waals surface area contributed by atoms with Crippen LogP contribution >= 0.6 is 15.9 Å². The van der Waals surface area contributed by atoms with Crippen LogP contribution in [0, 0.1) is 12.8 Å². The Morgan fingerprint density at radius 1 is 1.43 bits per heavy atom. The third kappa shape index (κ3) is 4.29. The van der Waals surface area contributed by atoms with E-state index in [1.165, 1.54) is 12.8 Å². The van der Waals surface area contributed by atoms with Crippen LogP contribution < -0.4 is 4.72 Å². The third-order valence-corrected chi connectivity index (χ3v) is 6.55. The van der Waals surface area contributed by atoms with E-state index >= 15 is 0 Å². The summed E-state index contributed by atoms with van der Waals surface area (Å²) in [7, 11) is -3.51. The van der Waals surface area contributed by atoms with Gasteiger partial charge in [-0.15, -0.1) is 0 Å². The summed E-state index contributed by atoms with van der Waals surface area (Å²) in [5.74, 6) is 1.11. The van der Waals surface area contributed by atoms with Crippen LogP contribution in [0.5, 0.6) is 0 Å². The summed E-state index contributed by atoms with van der Waals surface area (Å²) < 4.78 is 29.3. The number of imidazole rings is 1. The highest BCUT2D eigenvalue weighted by Crippen LogP contribution is 2.29. The first-order valence-corrected chi connectivity index (χ1v) is 10.0. The van der Waals surface area contributed by atoms with Crippen molar-refractivity contribution in [3.8, 4) is 0 Å². The molecule has 120 valence electrons. The molecule has 1 aromatic rings. The van der Waals surface area contributed by atoms with Gasteiger partial charge in [-0.05, 0) is 32.1 Å². The van der Waals surface area contributed by atoms with Gasteiger partial charge in [0.05, 0.1) is 0 Å². The van der Waals surface area contributed by atoms with Gasteiger partial charge in [-0.25, -0.2) is 18.1 Å². The van der Waals surface area contributed by atoms with E-state index in [4.69, 9.17) is 0 Å². The number of halogens is 1. The zero-order valence-corrected chi connectivity index (χ0v) is 15.1. The van der Waals surface area contributed by atoms with E-state index in [9.17, 15) is 8.42 Å². The van der Waals surface area contributed by atoms with Crippen molar-refractivity contribution in [1.29, 1.82) is 0 Å². The van der Waals surface area contributed by atoms with Crippen LogP contribution in [0.15, 0.2) is 11.2 Å². The monoisotopic (exact) mass is 377 g/mol. The van der Waals surface area contributed by atoms with Crippen LogP contribution in [0.3, 0.4) is 0 Å². The number of hydrogen-bond acceptors (Lipinski definition) is 3. The van der Waals surface area contributed by atoms with Crippen molar-refractivity contribution in [3.05, 3.63) is 12.0 Å². The quantitative estimate of drug-likeness (QED) is 0.775. The van der Waals surface area contributed by atoms with E-state index in [-0.39, 0.29) is 5.03 Å². The lowest BCUT2D eigenvalue weighted by atomic mass is 9.89. The molecule has 0 radical (unpaired) electrons. The Bertz CT molecular complexity index is 571. The zero-order chi connectivity index (χ0) is 15.5. The van der Waals surface area contributed by atoms with Crippen molar-refractivity contribution in [2.24, 2.45) is 5.92 Å². The predicted molar refractivity (Wildman–Crippen MR) is 87.1 cm³/mol. The highest BCUT2D eigenvalue weighted by molar-refractivity contribution is 9.09. The molecule has 1 saturated carbocycles. The topological polar surface area (TPSA) is 64.0 Å².